The summed E-state index contributed by atoms with van der Waals surface area (Å²) in [7, 11) is 0. The van der Waals surface area contributed by atoms with Gasteiger partial charge in [0.15, 0.2) is 6.61 Å². The van der Waals surface area contributed by atoms with Crippen LogP contribution in [0.2, 0.25) is 0 Å². The Morgan fingerprint density at radius 3 is 2.62 bits per heavy atom. The molecule has 0 bridgehead atoms. The van der Waals surface area contributed by atoms with Crippen molar-refractivity contribution in [2.75, 3.05) is 12.4 Å². The number of rotatable bonds is 9. The molecule has 136 valence electrons. The molecule has 0 aliphatic rings. The lowest BCUT2D eigenvalue weighted by atomic mass is 10.1. The molecule has 6 nitrogen and oxygen atoms in total. The largest absolute Gasteiger partial charge is 0.484 e. The number of nitrogens with one attached hydrogen (secondary N) is 1. The highest BCUT2D eigenvalue weighted by molar-refractivity contribution is 7.99. The van der Waals surface area contributed by atoms with Gasteiger partial charge in [0.05, 0.1) is 12.0 Å². The Labute approximate surface area is 156 Å². The first-order valence-electron chi connectivity index (χ1n) is 8.00. The summed E-state index contributed by atoms with van der Waals surface area (Å²) in [5.41, 5.74) is 10.8. The molecule has 0 aliphatic carbocycles. The third kappa shape index (κ3) is 6.98. The first-order chi connectivity index (χ1) is 12.5. The number of primary amides is 1. The number of nitrogens with two attached hydrogens (primary N) is 1. The van der Waals surface area contributed by atoms with Gasteiger partial charge in [-0.25, -0.2) is 5.43 Å². The van der Waals surface area contributed by atoms with Crippen molar-refractivity contribution < 1.29 is 14.3 Å². The van der Waals surface area contributed by atoms with Crippen molar-refractivity contribution in [1.82, 2.24) is 5.43 Å². The minimum atomic E-state index is -0.529. The molecule has 0 radical (unpaired) electrons. The molecular formula is C19H21N3O3S. The lowest BCUT2D eigenvalue weighted by molar-refractivity contribution is -0.120. The number of benzene rings is 2. The van der Waals surface area contributed by atoms with E-state index in [0.717, 1.165) is 11.3 Å². The van der Waals surface area contributed by atoms with Crippen LogP contribution in [0.1, 0.15) is 16.7 Å². The second-order valence-electron chi connectivity index (χ2n) is 5.54. The second kappa shape index (κ2) is 10.2. The zero-order valence-corrected chi connectivity index (χ0v) is 15.3. The minimum absolute atomic E-state index is 0.152. The Morgan fingerprint density at radius 2 is 1.92 bits per heavy atom. The van der Waals surface area contributed by atoms with Gasteiger partial charge in [0, 0.05) is 5.75 Å². The normalized spacial score (nSPS) is 10.7. The number of thioether (sulfide) groups is 1. The summed E-state index contributed by atoms with van der Waals surface area (Å²) in [6, 6.07) is 15.0. The lowest BCUT2D eigenvalue weighted by Crippen LogP contribution is -2.20. The van der Waals surface area contributed by atoms with Gasteiger partial charge >= 0.3 is 0 Å². The summed E-state index contributed by atoms with van der Waals surface area (Å²) < 4.78 is 5.16. The number of ether oxygens (including phenoxy) is 1. The van der Waals surface area contributed by atoms with Gasteiger partial charge in [-0.1, -0.05) is 24.3 Å². The van der Waals surface area contributed by atoms with Crippen LogP contribution in [0, 0.1) is 6.92 Å². The Kier molecular flexibility index (Phi) is 7.70. The summed E-state index contributed by atoms with van der Waals surface area (Å²) in [6.45, 7) is 1.90. The van der Waals surface area contributed by atoms with Crippen LogP contribution in [0.25, 0.3) is 0 Å². The number of hydrogen-bond acceptors (Lipinski definition) is 5. The van der Waals surface area contributed by atoms with Crippen LogP contribution in [-0.2, 0) is 15.3 Å². The van der Waals surface area contributed by atoms with Crippen LogP contribution in [0.3, 0.4) is 0 Å². The SMILES string of the molecule is Cc1ccccc1CSCC(=O)N/N=C\c1ccc(OCC(N)=O)cc1. The Hall–Kier alpha value is -2.80. The standard InChI is InChI=1S/C19H21N3O3S/c1-14-4-2-3-5-16(14)12-26-13-19(24)22-21-10-15-6-8-17(9-7-15)25-11-18(20)23/h2-10H,11-13H2,1H3,(H2,20,23)(H,22,24)/b21-10-. The first-order valence-corrected chi connectivity index (χ1v) is 9.15. The van der Waals surface area contributed by atoms with Gasteiger partial charge in [0.2, 0.25) is 5.91 Å². The molecule has 0 saturated heterocycles. The molecule has 0 heterocycles. The van der Waals surface area contributed by atoms with Crippen LogP contribution in [0.15, 0.2) is 53.6 Å². The smallest absolute Gasteiger partial charge is 0.255 e. The van der Waals surface area contributed by atoms with E-state index in [1.165, 1.54) is 11.1 Å². The maximum atomic E-state index is 11.8. The van der Waals surface area contributed by atoms with Crippen LogP contribution < -0.4 is 15.9 Å². The zero-order valence-electron chi connectivity index (χ0n) is 14.5. The topological polar surface area (TPSA) is 93.8 Å². The first kappa shape index (κ1) is 19.5. The van der Waals surface area contributed by atoms with E-state index >= 15 is 0 Å². The molecule has 0 unspecified atom stereocenters. The quantitative estimate of drug-likeness (QED) is 0.522. The van der Waals surface area contributed by atoms with Gasteiger partial charge < -0.3 is 10.5 Å². The average molecular weight is 371 g/mol. The summed E-state index contributed by atoms with van der Waals surface area (Å²) >= 11 is 1.54. The Bertz CT molecular complexity index is 776. The number of amides is 2. The molecule has 3 N–H and O–H groups in total. The van der Waals surface area contributed by atoms with E-state index in [2.05, 4.69) is 29.6 Å². The predicted octanol–water partition coefficient (Wildman–Crippen LogP) is 2.24. The van der Waals surface area contributed by atoms with E-state index in [4.69, 9.17) is 10.5 Å². The Balaban J connectivity index is 1.71. The van der Waals surface area contributed by atoms with E-state index in [1.54, 1.807) is 42.2 Å². The van der Waals surface area contributed by atoms with Crippen LogP contribution in [0.5, 0.6) is 5.75 Å². The van der Waals surface area contributed by atoms with Crippen molar-refractivity contribution in [2.45, 2.75) is 12.7 Å². The molecule has 0 saturated carbocycles. The van der Waals surface area contributed by atoms with Crippen LogP contribution in [-0.4, -0.2) is 30.4 Å². The maximum Gasteiger partial charge on any atom is 0.255 e. The molecule has 0 spiro atoms. The third-order valence-corrected chi connectivity index (χ3v) is 4.40. The fourth-order valence-corrected chi connectivity index (χ4v) is 2.94. The van der Waals surface area contributed by atoms with E-state index in [0.29, 0.717) is 11.5 Å². The molecule has 2 aromatic carbocycles. The van der Waals surface area contributed by atoms with Crippen LogP contribution in [0.4, 0.5) is 0 Å². The van der Waals surface area contributed by atoms with Crippen molar-refractivity contribution in [3.05, 3.63) is 65.2 Å². The monoisotopic (exact) mass is 371 g/mol. The highest BCUT2D eigenvalue weighted by atomic mass is 32.2. The van der Waals surface area contributed by atoms with Gasteiger partial charge in [0.1, 0.15) is 5.75 Å². The summed E-state index contributed by atoms with van der Waals surface area (Å²) in [4.78, 5) is 22.5. The van der Waals surface area contributed by atoms with E-state index in [-0.39, 0.29) is 12.5 Å². The molecule has 0 aliphatic heterocycles. The predicted molar refractivity (Wildman–Crippen MR) is 104 cm³/mol. The maximum absolute atomic E-state index is 11.8. The number of hydrogen-bond donors (Lipinski definition) is 2. The van der Waals surface area contributed by atoms with Crippen molar-refractivity contribution in [2.24, 2.45) is 10.8 Å². The second-order valence-corrected chi connectivity index (χ2v) is 6.52. The molecule has 2 aromatic rings. The van der Waals surface area contributed by atoms with Gasteiger partial charge in [-0.3, -0.25) is 9.59 Å². The Morgan fingerprint density at radius 1 is 1.19 bits per heavy atom. The molecular weight excluding hydrogens is 350 g/mol. The highest BCUT2D eigenvalue weighted by Crippen LogP contribution is 2.15. The fraction of sp³-hybridized carbons (Fsp3) is 0.211. The molecule has 0 aromatic heterocycles. The average Bonchev–Trinajstić information content (AvgIpc) is 2.62. The van der Waals surface area contributed by atoms with Gasteiger partial charge in [0.25, 0.3) is 5.91 Å². The number of hydrazone groups is 1. The van der Waals surface area contributed by atoms with Gasteiger partial charge in [-0.15, -0.1) is 11.8 Å². The van der Waals surface area contributed by atoms with Crippen molar-refractivity contribution in [3.8, 4) is 5.75 Å². The molecule has 7 heteroatoms. The molecule has 2 rings (SSSR count). The summed E-state index contributed by atoms with van der Waals surface area (Å²) in [6.07, 6.45) is 1.54. The summed E-state index contributed by atoms with van der Waals surface area (Å²) in [5, 5.41) is 3.94. The molecule has 26 heavy (non-hydrogen) atoms. The third-order valence-electron chi connectivity index (χ3n) is 3.42. The van der Waals surface area contributed by atoms with Crippen molar-refractivity contribution in [3.63, 3.8) is 0 Å². The number of carbonyl (C=O) groups excluding carboxylic acids is 2. The zero-order chi connectivity index (χ0) is 18.8. The highest BCUT2D eigenvalue weighted by Gasteiger charge is 2.02. The van der Waals surface area contributed by atoms with Crippen LogP contribution >= 0.6 is 11.8 Å². The van der Waals surface area contributed by atoms with E-state index in [9.17, 15) is 9.59 Å². The van der Waals surface area contributed by atoms with E-state index < -0.39 is 5.91 Å². The minimum Gasteiger partial charge on any atom is -0.484 e. The van der Waals surface area contributed by atoms with E-state index in [1.807, 2.05) is 12.1 Å². The van der Waals surface area contributed by atoms with Gasteiger partial charge in [-0.2, -0.15) is 5.10 Å². The van der Waals surface area contributed by atoms with Gasteiger partial charge in [-0.05, 0) is 47.9 Å². The molecule has 0 atom stereocenters. The number of carbonyl (C=O) groups is 2. The lowest BCUT2D eigenvalue weighted by Gasteiger charge is -2.05. The molecule has 0 fully saturated rings. The number of aryl methyl sites for hydroxylation is 1. The van der Waals surface area contributed by atoms with Crippen molar-refractivity contribution >= 4 is 29.8 Å². The molecule has 2 amide bonds. The fourth-order valence-electron chi connectivity index (χ4n) is 2.04. The number of nitrogens with zero attached hydrogens (tertiary/aromatic N) is 1. The van der Waals surface area contributed by atoms with Crippen molar-refractivity contribution in [1.29, 1.82) is 0 Å². The summed E-state index contributed by atoms with van der Waals surface area (Å²) in [5.74, 6) is 0.986.